The lowest BCUT2D eigenvalue weighted by molar-refractivity contribution is 0.0696. The Kier molecular flexibility index (Phi) is 3.99. The normalized spacial score (nSPS) is 12.2. The van der Waals surface area contributed by atoms with Gasteiger partial charge in [-0.25, -0.2) is 14.1 Å². The van der Waals surface area contributed by atoms with E-state index >= 15 is 0 Å². The second kappa shape index (κ2) is 5.06. The average Bonchev–Trinajstić information content (AvgIpc) is 2.15. The molecule has 7 heteroatoms. The van der Waals surface area contributed by atoms with Crippen LogP contribution in [0.15, 0.2) is 18.2 Å². The SMILES string of the molecule is Cc1ccc(C(=O)O)c(N(C)OS(=O)[O-])c1. The summed E-state index contributed by atoms with van der Waals surface area (Å²) in [5.74, 6) is -1.15. The molecule has 0 bridgehead atoms. The van der Waals surface area contributed by atoms with Gasteiger partial charge >= 0.3 is 5.97 Å². The van der Waals surface area contributed by atoms with Crippen LogP contribution in [0.5, 0.6) is 0 Å². The number of aryl methyl sites for hydroxylation is 1. The maximum absolute atomic E-state index is 10.9. The van der Waals surface area contributed by atoms with E-state index in [9.17, 15) is 13.6 Å². The Balaban J connectivity index is 3.13. The molecule has 0 spiro atoms. The molecule has 0 aliphatic heterocycles. The van der Waals surface area contributed by atoms with Gasteiger partial charge in [0.15, 0.2) is 0 Å². The fourth-order valence-electron chi connectivity index (χ4n) is 1.21. The third-order valence-electron chi connectivity index (χ3n) is 1.90. The summed E-state index contributed by atoms with van der Waals surface area (Å²) >= 11 is -2.74. The lowest BCUT2D eigenvalue weighted by atomic mass is 10.1. The van der Waals surface area contributed by atoms with Crippen LogP contribution in [-0.4, -0.2) is 26.9 Å². The minimum Gasteiger partial charge on any atom is -0.748 e. The first-order chi connectivity index (χ1) is 7.41. The molecule has 0 heterocycles. The van der Waals surface area contributed by atoms with Gasteiger partial charge in [0.2, 0.25) is 0 Å². The minimum atomic E-state index is -2.74. The molecule has 0 aliphatic carbocycles. The Labute approximate surface area is 94.9 Å². The van der Waals surface area contributed by atoms with E-state index in [4.69, 9.17) is 5.11 Å². The average molecular weight is 244 g/mol. The quantitative estimate of drug-likeness (QED) is 0.624. The van der Waals surface area contributed by atoms with Gasteiger partial charge in [-0.15, -0.1) is 0 Å². The minimum absolute atomic E-state index is 0.0291. The zero-order chi connectivity index (χ0) is 12.3. The van der Waals surface area contributed by atoms with Gasteiger partial charge in [0.05, 0.1) is 11.3 Å². The van der Waals surface area contributed by atoms with Crippen molar-refractivity contribution in [2.75, 3.05) is 12.1 Å². The van der Waals surface area contributed by atoms with Crippen LogP contribution < -0.4 is 5.06 Å². The summed E-state index contributed by atoms with van der Waals surface area (Å²) in [4.78, 5) is 10.9. The molecule has 1 aromatic rings. The van der Waals surface area contributed by atoms with Crippen LogP contribution >= 0.6 is 0 Å². The molecule has 1 atom stereocenters. The highest BCUT2D eigenvalue weighted by molar-refractivity contribution is 7.74. The molecule has 0 fully saturated rings. The standard InChI is InChI=1S/C9H11NO5S/c1-6-3-4-7(9(11)12)8(5-6)10(2)15-16(13)14/h3-5H,1-2H3,(H,11,12)(H,13,14)/p-1. The zero-order valence-corrected chi connectivity index (χ0v) is 9.48. The molecular formula is C9H10NO5S-. The molecule has 0 saturated heterocycles. The van der Waals surface area contributed by atoms with Gasteiger partial charge in [0, 0.05) is 7.05 Å². The lowest BCUT2D eigenvalue weighted by Crippen LogP contribution is -2.21. The summed E-state index contributed by atoms with van der Waals surface area (Å²) in [6.45, 7) is 1.76. The van der Waals surface area contributed by atoms with E-state index in [0.29, 0.717) is 0 Å². The Hall–Kier alpha value is -1.44. The number of benzene rings is 1. The summed E-state index contributed by atoms with van der Waals surface area (Å²) in [7, 11) is 1.32. The number of nitrogens with zero attached hydrogens (tertiary/aromatic N) is 1. The van der Waals surface area contributed by atoms with Crippen molar-refractivity contribution >= 4 is 23.0 Å². The molecule has 0 radical (unpaired) electrons. The molecule has 16 heavy (non-hydrogen) atoms. The molecule has 1 rings (SSSR count). The van der Waals surface area contributed by atoms with Crippen molar-refractivity contribution in [3.63, 3.8) is 0 Å². The molecule has 1 aromatic carbocycles. The second-order valence-electron chi connectivity index (χ2n) is 3.10. The number of carbonyl (C=O) groups is 1. The van der Waals surface area contributed by atoms with Gasteiger partial charge in [-0.3, -0.25) is 0 Å². The van der Waals surface area contributed by atoms with Crippen molar-refractivity contribution in [1.29, 1.82) is 0 Å². The van der Waals surface area contributed by atoms with Crippen molar-refractivity contribution in [3.05, 3.63) is 29.3 Å². The van der Waals surface area contributed by atoms with E-state index in [1.165, 1.54) is 19.2 Å². The number of anilines is 1. The molecule has 1 N–H and O–H groups in total. The number of aromatic carboxylic acids is 1. The maximum Gasteiger partial charge on any atom is 0.337 e. The zero-order valence-electron chi connectivity index (χ0n) is 8.67. The summed E-state index contributed by atoms with van der Waals surface area (Å²) in [5, 5.41) is 9.79. The van der Waals surface area contributed by atoms with Crippen LogP contribution in [0.1, 0.15) is 15.9 Å². The smallest absolute Gasteiger partial charge is 0.337 e. The molecule has 0 saturated carbocycles. The van der Waals surface area contributed by atoms with Crippen LogP contribution in [0.4, 0.5) is 5.69 Å². The highest BCUT2D eigenvalue weighted by Gasteiger charge is 2.14. The Bertz CT molecular complexity index is 434. The molecule has 0 aromatic heterocycles. The first kappa shape index (κ1) is 12.6. The van der Waals surface area contributed by atoms with Crippen molar-refractivity contribution in [1.82, 2.24) is 0 Å². The van der Waals surface area contributed by atoms with Gasteiger partial charge in [-0.1, -0.05) is 6.07 Å². The van der Waals surface area contributed by atoms with E-state index < -0.39 is 17.3 Å². The Morgan fingerprint density at radius 2 is 2.19 bits per heavy atom. The molecule has 88 valence electrons. The summed E-state index contributed by atoms with van der Waals surface area (Å²) < 4.78 is 25.0. The third-order valence-corrected chi connectivity index (χ3v) is 2.24. The van der Waals surface area contributed by atoms with Crippen molar-refractivity contribution < 1.29 is 22.9 Å². The monoisotopic (exact) mass is 244 g/mol. The molecule has 0 amide bonds. The second-order valence-corrected chi connectivity index (χ2v) is 3.66. The maximum atomic E-state index is 10.9. The van der Waals surface area contributed by atoms with Gasteiger partial charge in [-0.05, 0) is 24.6 Å². The molecular weight excluding hydrogens is 234 g/mol. The first-order valence-corrected chi connectivity index (χ1v) is 5.27. The number of hydrogen-bond donors (Lipinski definition) is 1. The van der Waals surface area contributed by atoms with Crippen LogP contribution in [0.3, 0.4) is 0 Å². The molecule has 0 aliphatic rings. The van der Waals surface area contributed by atoms with Crippen LogP contribution in [-0.2, 0) is 15.6 Å². The van der Waals surface area contributed by atoms with E-state index in [0.717, 1.165) is 10.6 Å². The lowest BCUT2D eigenvalue weighted by Gasteiger charge is -2.21. The third kappa shape index (κ3) is 3.02. The van der Waals surface area contributed by atoms with Crippen LogP contribution in [0, 0.1) is 6.92 Å². The fraction of sp³-hybridized carbons (Fsp3) is 0.222. The largest absolute Gasteiger partial charge is 0.748 e. The summed E-state index contributed by atoms with van der Waals surface area (Å²) in [6, 6.07) is 4.53. The number of rotatable bonds is 4. The van der Waals surface area contributed by atoms with Gasteiger partial charge in [-0.2, -0.15) is 4.28 Å². The van der Waals surface area contributed by atoms with Gasteiger partial charge in [0.25, 0.3) is 0 Å². The Morgan fingerprint density at radius 1 is 1.56 bits per heavy atom. The predicted molar refractivity (Wildman–Crippen MR) is 56.5 cm³/mol. The number of carboxylic acids is 1. The number of hydrogen-bond acceptors (Lipinski definition) is 5. The highest BCUT2D eigenvalue weighted by Crippen LogP contribution is 2.21. The summed E-state index contributed by atoms with van der Waals surface area (Å²) in [6.07, 6.45) is 0. The molecule has 6 nitrogen and oxygen atoms in total. The van der Waals surface area contributed by atoms with Gasteiger partial charge in [0.1, 0.15) is 11.4 Å². The summed E-state index contributed by atoms with van der Waals surface area (Å²) in [5.41, 5.74) is 0.947. The van der Waals surface area contributed by atoms with Crippen molar-refractivity contribution in [3.8, 4) is 0 Å². The molecule has 1 unspecified atom stereocenters. The fourth-order valence-corrected chi connectivity index (χ4v) is 1.48. The Morgan fingerprint density at radius 3 is 2.69 bits per heavy atom. The number of carboxylic acid groups (broad SMARTS) is 1. The van der Waals surface area contributed by atoms with E-state index in [-0.39, 0.29) is 11.3 Å². The predicted octanol–water partition coefficient (Wildman–Crippen LogP) is 0.855. The number of hydroxylamine groups is 1. The van der Waals surface area contributed by atoms with E-state index in [1.54, 1.807) is 13.0 Å². The van der Waals surface area contributed by atoms with Crippen LogP contribution in [0.25, 0.3) is 0 Å². The van der Waals surface area contributed by atoms with Crippen LogP contribution in [0.2, 0.25) is 0 Å². The first-order valence-electron chi connectivity index (χ1n) is 4.27. The van der Waals surface area contributed by atoms with E-state index in [2.05, 4.69) is 4.28 Å². The van der Waals surface area contributed by atoms with Crippen molar-refractivity contribution in [2.24, 2.45) is 0 Å². The highest BCUT2D eigenvalue weighted by atomic mass is 32.2. The van der Waals surface area contributed by atoms with E-state index in [1.807, 2.05) is 0 Å². The van der Waals surface area contributed by atoms with Crippen molar-refractivity contribution in [2.45, 2.75) is 6.92 Å². The van der Waals surface area contributed by atoms with Gasteiger partial charge < -0.3 is 9.66 Å². The topological polar surface area (TPSA) is 89.9 Å².